The average Bonchev–Trinajstić information content (AvgIpc) is 2.68. The van der Waals surface area contributed by atoms with Crippen molar-refractivity contribution in [3.63, 3.8) is 0 Å². The lowest BCUT2D eigenvalue weighted by atomic mass is 10.1. The number of nitrogens with one attached hydrogen (secondary N) is 1. The Kier molecular flexibility index (Phi) is 6.77. The van der Waals surface area contributed by atoms with E-state index in [4.69, 9.17) is 4.74 Å². The minimum atomic E-state index is -0.521. The van der Waals surface area contributed by atoms with Gasteiger partial charge in [0.05, 0.1) is 0 Å². The zero-order valence-corrected chi connectivity index (χ0v) is 16.6. The van der Waals surface area contributed by atoms with Crippen LogP contribution in [0.4, 0.5) is 0 Å². The number of aryl methyl sites for hydroxylation is 1. The fraction of sp³-hybridized carbons (Fsp3) is 0.261. The number of amides is 1. The quantitative estimate of drug-likeness (QED) is 0.562. The van der Waals surface area contributed by atoms with Gasteiger partial charge in [0.2, 0.25) is 0 Å². The molecule has 0 aromatic heterocycles. The van der Waals surface area contributed by atoms with Crippen molar-refractivity contribution in [2.75, 3.05) is 12.3 Å². The van der Waals surface area contributed by atoms with Crippen LogP contribution in [0.25, 0.3) is 10.8 Å². The van der Waals surface area contributed by atoms with Gasteiger partial charge in [0, 0.05) is 18.1 Å². The highest BCUT2D eigenvalue weighted by Gasteiger charge is 2.14. The van der Waals surface area contributed by atoms with E-state index in [0.29, 0.717) is 12.3 Å². The fourth-order valence-corrected chi connectivity index (χ4v) is 3.78. The fourth-order valence-electron chi connectivity index (χ4n) is 2.84. The predicted octanol–water partition coefficient (Wildman–Crippen LogP) is 4.97. The second kappa shape index (κ2) is 9.47. The molecule has 0 saturated heterocycles. The number of carbonyl (C=O) groups excluding carboxylic acids is 1. The van der Waals surface area contributed by atoms with Crippen molar-refractivity contribution >= 4 is 28.4 Å². The number of ether oxygens (including phenoxy) is 1. The van der Waals surface area contributed by atoms with Crippen molar-refractivity contribution in [3.05, 3.63) is 77.9 Å². The van der Waals surface area contributed by atoms with Crippen molar-refractivity contribution in [3.8, 4) is 5.75 Å². The van der Waals surface area contributed by atoms with Crippen LogP contribution in [0.1, 0.15) is 18.1 Å². The average molecular weight is 380 g/mol. The molecule has 0 aliphatic heterocycles. The van der Waals surface area contributed by atoms with E-state index in [1.165, 1.54) is 11.1 Å². The van der Waals surface area contributed by atoms with Gasteiger partial charge in [0.1, 0.15) is 5.75 Å². The SMILES string of the molecule is Cc1ccccc1CSCCNC(=O)C(C)Oc1ccc2ccccc2c1. The van der Waals surface area contributed by atoms with Gasteiger partial charge in [-0.2, -0.15) is 11.8 Å². The maximum atomic E-state index is 12.3. The molecule has 0 bridgehead atoms. The second-order valence-electron chi connectivity index (χ2n) is 6.54. The second-order valence-corrected chi connectivity index (χ2v) is 7.64. The number of hydrogen-bond acceptors (Lipinski definition) is 3. The van der Waals surface area contributed by atoms with E-state index in [9.17, 15) is 4.79 Å². The Morgan fingerprint density at radius 3 is 2.59 bits per heavy atom. The summed E-state index contributed by atoms with van der Waals surface area (Å²) in [6.07, 6.45) is -0.521. The molecule has 3 rings (SSSR count). The van der Waals surface area contributed by atoms with Gasteiger partial charge >= 0.3 is 0 Å². The molecule has 0 radical (unpaired) electrons. The monoisotopic (exact) mass is 379 g/mol. The maximum absolute atomic E-state index is 12.3. The molecule has 0 spiro atoms. The minimum absolute atomic E-state index is 0.0837. The van der Waals surface area contributed by atoms with Crippen LogP contribution < -0.4 is 10.1 Å². The lowest BCUT2D eigenvalue weighted by Crippen LogP contribution is -2.37. The largest absolute Gasteiger partial charge is 0.481 e. The molecule has 1 N–H and O–H groups in total. The lowest BCUT2D eigenvalue weighted by molar-refractivity contribution is -0.127. The minimum Gasteiger partial charge on any atom is -0.481 e. The van der Waals surface area contributed by atoms with Gasteiger partial charge < -0.3 is 10.1 Å². The van der Waals surface area contributed by atoms with Crippen LogP contribution in [0.2, 0.25) is 0 Å². The molecule has 3 aromatic carbocycles. The summed E-state index contributed by atoms with van der Waals surface area (Å²) in [6, 6.07) is 22.4. The van der Waals surface area contributed by atoms with E-state index >= 15 is 0 Å². The number of carbonyl (C=O) groups is 1. The number of hydrogen-bond donors (Lipinski definition) is 1. The summed E-state index contributed by atoms with van der Waals surface area (Å²) in [5.41, 5.74) is 2.66. The van der Waals surface area contributed by atoms with Crippen LogP contribution in [-0.4, -0.2) is 24.3 Å². The van der Waals surface area contributed by atoms with Crippen molar-refractivity contribution in [1.82, 2.24) is 5.32 Å². The summed E-state index contributed by atoms with van der Waals surface area (Å²) in [4.78, 5) is 12.3. The summed E-state index contributed by atoms with van der Waals surface area (Å²) in [6.45, 7) is 4.55. The normalized spacial score (nSPS) is 11.9. The van der Waals surface area contributed by atoms with Gasteiger partial charge in [0.25, 0.3) is 5.91 Å². The molecule has 0 fully saturated rings. The van der Waals surface area contributed by atoms with Gasteiger partial charge in [-0.1, -0.05) is 54.6 Å². The molecule has 0 saturated carbocycles. The van der Waals surface area contributed by atoms with Crippen molar-refractivity contribution in [2.45, 2.75) is 25.7 Å². The first kappa shape index (κ1) is 19.3. The zero-order chi connectivity index (χ0) is 19.1. The zero-order valence-electron chi connectivity index (χ0n) is 15.8. The molecule has 0 aliphatic carbocycles. The highest BCUT2D eigenvalue weighted by molar-refractivity contribution is 7.98. The van der Waals surface area contributed by atoms with Crippen LogP contribution in [0.5, 0.6) is 5.75 Å². The standard InChI is InChI=1S/C23H25NO2S/c1-17-7-3-4-10-21(17)16-27-14-13-24-23(25)18(2)26-22-12-11-19-8-5-6-9-20(19)15-22/h3-12,15,18H,13-14,16H2,1-2H3,(H,24,25). The van der Waals surface area contributed by atoms with Gasteiger partial charge in [-0.15, -0.1) is 0 Å². The summed E-state index contributed by atoms with van der Waals surface area (Å²) in [5.74, 6) is 2.47. The van der Waals surface area contributed by atoms with Crippen LogP contribution in [0, 0.1) is 6.92 Å². The Labute approximate surface area is 165 Å². The topological polar surface area (TPSA) is 38.3 Å². The van der Waals surface area contributed by atoms with Gasteiger partial charge in [-0.05, 0) is 47.9 Å². The van der Waals surface area contributed by atoms with Gasteiger partial charge in [-0.3, -0.25) is 4.79 Å². The van der Waals surface area contributed by atoms with Gasteiger partial charge in [-0.25, -0.2) is 0 Å². The number of fused-ring (bicyclic) bond motifs is 1. The predicted molar refractivity (Wildman–Crippen MR) is 114 cm³/mol. The molecule has 27 heavy (non-hydrogen) atoms. The van der Waals surface area contributed by atoms with Crippen molar-refractivity contribution < 1.29 is 9.53 Å². The third-order valence-corrected chi connectivity index (χ3v) is 5.48. The first-order chi connectivity index (χ1) is 13.1. The van der Waals surface area contributed by atoms with Crippen LogP contribution >= 0.6 is 11.8 Å². The smallest absolute Gasteiger partial charge is 0.260 e. The lowest BCUT2D eigenvalue weighted by Gasteiger charge is -2.15. The van der Waals surface area contributed by atoms with E-state index in [1.54, 1.807) is 6.92 Å². The molecule has 1 unspecified atom stereocenters. The molecule has 1 amide bonds. The Morgan fingerprint density at radius 1 is 1.04 bits per heavy atom. The van der Waals surface area contributed by atoms with Gasteiger partial charge in [0.15, 0.2) is 6.10 Å². The molecular formula is C23H25NO2S. The molecule has 3 nitrogen and oxygen atoms in total. The molecule has 0 heterocycles. The number of rotatable bonds is 8. The summed E-state index contributed by atoms with van der Waals surface area (Å²) in [5, 5.41) is 5.22. The summed E-state index contributed by atoms with van der Waals surface area (Å²) < 4.78 is 5.81. The third-order valence-electron chi connectivity index (χ3n) is 4.47. The molecule has 4 heteroatoms. The van der Waals surface area contributed by atoms with E-state index in [0.717, 1.165) is 22.3 Å². The highest BCUT2D eigenvalue weighted by Crippen LogP contribution is 2.21. The van der Waals surface area contributed by atoms with Crippen LogP contribution in [0.15, 0.2) is 66.7 Å². The van der Waals surface area contributed by atoms with E-state index in [1.807, 2.05) is 48.2 Å². The van der Waals surface area contributed by atoms with E-state index < -0.39 is 6.10 Å². The van der Waals surface area contributed by atoms with Crippen molar-refractivity contribution in [2.24, 2.45) is 0 Å². The molecule has 140 valence electrons. The number of thioether (sulfide) groups is 1. The summed E-state index contributed by atoms with van der Waals surface area (Å²) in [7, 11) is 0. The first-order valence-corrected chi connectivity index (χ1v) is 10.3. The Balaban J connectivity index is 1.41. The highest BCUT2D eigenvalue weighted by atomic mass is 32.2. The molecule has 3 aromatic rings. The Morgan fingerprint density at radius 2 is 1.78 bits per heavy atom. The number of benzene rings is 3. The van der Waals surface area contributed by atoms with E-state index in [2.05, 4.69) is 42.6 Å². The maximum Gasteiger partial charge on any atom is 0.260 e. The molecule has 1 atom stereocenters. The van der Waals surface area contributed by atoms with E-state index in [-0.39, 0.29) is 5.91 Å². The third kappa shape index (κ3) is 5.51. The Bertz CT molecular complexity index is 910. The van der Waals surface area contributed by atoms with Crippen LogP contribution in [0.3, 0.4) is 0 Å². The van der Waals surface area contributed by atoms with Crippen molar-refractivity contribution in [1.29, 1.82) is 0 Å². The van der Waals surface area contributed by atoms with Crippen LogP contribution in [-0.2, 0) is 10.5 Å². The first-order valence-electron chi connectivity index (χ1n) is 9.19. The molecular weight excluding hydrogens is 354 g/mol. The summed E-state index contributed by atoms with van der Waals surface area (Å²) >= 11 is 1.82. The Hall–Kier alpha value is -2.46. The molecule has 0 aliphatic rings.